The Bertz CT molecular complexity index is 2240. The zero-order valence-corrected chi connectivity index (χ0v) is 44.5. The summed E-state index contributed by atoms with van der Waals surface area (Å²) in [5.74, 6) is -10.2. The van der Waals surface area contributed by atoms with Gasteiger partial charge < -0.3 is 84.1 Å². The van der Waals surface area contributed by atoms with Crippen LogP contribution in [0.15, 0.2) is 36.8 Å². The number of carbonyl (C=O) groups excluding carboxylic acids is 9. The van der Waals surface area contributed by atoms with E-state index >= 15 is 0 Å². The number of carboxylic acids is 1. The van der Waals surface area contributed by atoms with Crippen molar-refractivity contribution in [2.75, 3.05) is 38.4 Å². The number of nitrogens with one attached hydrogen (secondary N) is 10. The second-order valence-corrected chi connectivity index (χ2v) is 20.1. The number of carboxylic acid groups (broad SMARTS) is 1. The molecule has 27 nitrogen and oxygen atoms in total. The first-order valence-corrected chi connectivity index (χ1v) is 26.0. The fraction of sp³-hybridized carbons (Fsp3) is 0.604. The van der Waals surface area contributed by atoms with Crippen molar-refractivity contribution in [3.8, 4) is 5.75 Å². The molecule has 2 rings (SSSR count). The van der Waals surface area contributed by atoms with Crippen molar-refractivity contribution in [3.05, 3.63) is 48.0 Å². The molecule has 76 heavy (non-hydrogen) atoms. The summed E-state index contributed by atoms with van der Waals surface area (Å²) in [6.07, 6.45) is 4.35. The molecule has 28 heteroatoms. The van der Waals surface area contributed by atoms with Crippen molar-refractivity contribution in [2.45, 2.75) is 128 Å². The van der Waals surface area contributed by atoms with E-state index < -0.39 is 146 Å². The van der Waals surface area contributed by atoms with Crippen molar-refractivity contribution in [3.63, 3.8) is 0 Å². The number of aliphatic carboxylic acids is 1. The molecular formula is C48H76N12O15S. The Morgan fingerprint density at radius 2 is 1.07 bits per heavy atom. The fourth-order valence-electron chi connectivity index (χ4n) is 7.23. The van der Waals surface area contributed by atoms with Gasteiger partial charge >= 0.3 is 5.97 Å². The lowest BCUT2D eigenvalue weighted by atomic mass is 10.0. The van der Waals surface area contributed by atoms with Gasteiger partial charge in [0.25, 0.3) is 0 Å². The van der Waals surface area contributed by atoms with Crippen LogP contribution < -0.4 is 53.6 Å². The largest absolute Gasteiger partial charge is 0.508 e. The fourth-order valence-corrected chi connectivity index (χ4v) is 7.70. The van der Waals surface area contributed by atoms with E-state index in [0.29, 0.717) is 17.0 Å². The third-order valence-electron chi connectivity index (χ3n) is 11.4. The Morgan fingerprint density at radius 1 is 0.592 bits per heavy atom. The molecular weight excluding hydrogens is 1020 g/mol. The third-order valence-corrected chi connectivity index (χ3v) is 12.0. The normalized spacial score (nSPS) is 14.8. The number of hydrogen-bond acceptors (Lipinski definition) is 17. The van der Waals surface area contributed by atoms with Crippen LogP contribution >= 0.6 is 11.8 Å². The van der Waals surface area contributed by atoms with Crippen molar-refractivity contribution in [1.29, 1.82) is 0 Å². The maximum absolute atomic E-state index is 13.9. The molecule has 9 atom stereocenters. The average Bonchev–Trinajstić information content (AvgIpc) is 3.88. The molecule has 0 aliphatic carbocycles. The Balaban J connectivity index is 2.21. The minimum Gasteiger partial charge on any atom is -0.508 e. The molecule has 1 heterocycles. The SMILES string of the molecule is CSCC[C@H](NC(=O)[C@H](Cc1ccc(O)cc1)NC(=O)CNC(=O)[C@@H](NC(=O)[C@H](CO)NC(=O)[C@H](CC(C)C)NC(=O)[C@H](CO)NC(=O)[C@H](CC(C)C)NC(=O)[C@@H](N)CO)C(C)C)C(=O)N[C@@H](Cc1cnc[nH]1)C(=O)O. The Morgan fingerprint density at radius 3 is 1.54 bits per heavy atom. The number of nitrogens with two attached hydrogens (primary N) is 1. The topological polar surface area (TPSA) is 435 Å². The number of hydrogen-bond donors (Lipinski definition) is 16. The number of nitrogens with zero attached hydrogens (tertiary/aromatic N) is 1. The number of H-pyrrole nitrogens is 1. The highest BCUT2D eigenvalue weighted by atomic mass is 32.2. The summed E-state index contributed by atoms with van der Waals surface area (Å²) in [5.41, 5.74) is 6.49. The monoisotopic (exact) mass is 1090 g/mol. The van der Waals surface area contributed by atoms with Crippen molar-refractivity contribution in [1.82, 2.24) is 57.8 Å². The molecule has 0 saturated heterocycles. The number of aromatic amines is 1. The van der Waals surface area contributed by atoms with E-state index in [1.54, 1.807) is 47.8 Å². The van der Waals surface area contributed by atoms with Crippen LogP contribution in [0.1, 0.15) is 72.1 Å². The molecule has 9 amide bonds. The van der Waals surface area contributed by atoms with Crippen LogP contribution in [-0.2, 0) is 60.8 Å². The first kappa shape index (κ1) is 65.2. The minimum absolute atomic E-state index is 0.0283. The van der Waals surface area contributed by atoms with Gasteiger partial charge in [-0.05, 0) is 66.7 Å². The van der Waals surface area contributed by atoms with Gasteiger partial charge in [0.1, 0.15) is 60.1 Å². The van der Waals surface area contributed by atoms with Gasteiger partial charge in [-0.2, -0.15) is 11.8 Å². The summed E-state index contributed by atoms with van der Waals surface area (Å²) in [5, 5.41) is 71.3. The van der Waals surface area contributed by atoms with Crippen molar-refractivity contribution >= 4 is 70.9 Å². The number of thioether (sulfide) groups is 1. The molecule has 0 aliphatic heterocycles. The summed E-state index contributed by atoms with van der Waals surface area (Å²) >= 11 is 1.36. The van der Waals surface area contributed by atoms with Gasteiger partial charge in [-0.15, -0.1) is 0 Å². The first-order valence-electron chi connectivity index (χ1n) is 24.6. The summed E-state index contributed by atoms with van der Waals surface area (Å²) in [7, 11) is 0. The Kier molecular flexibility index (Phi) is 28.5. The van der Waals surface area contributed by atoms with Crippen LogP contribution in [0.25, 0.3) is 0 Å². The lowest BCUT2D eigenvalue weighted by molar-refractivity contribution is -0.142. The number of carbonyl (C=O) groups is 10. The molecule has 0 unspecified atom stereocenters. The molecule has 0 bridgehead atoms. The standard InChI is InChI=1S/C48H76N12O15S/c1-24(2)14-32(55-40(66)30(49)20-61)42(68)58-36(21-62)45(71)56-33(15-25(3)4)43(69)59-37(22-63)46(72)60-39(26(5)6)47(73)51-19-38(65)53-34(16-27-8-10-29(64)11-9-27)44(70)54-31(12-13-76-7)41(67)57-35(48(74)75)17-28-18-50-23-52-28/h8-11,18,23-26,30-37,39,61-64H,12-17,19-22,49H2,1-7H3,(H,50,52)(H,51,73)(H,53,65)(H,54,70)(H,55,66)(H,56,71)(H,57,67)(H,58,68)(H,59,69)(H,60,72)(H,74,75)/t30-,31-,32-,33-,34-,35-,36-,37-,39-/m0/s1. The molecule has 0 fully saturated rings. The van der Waals surface area contributed by atoms with Gasteiger partial charge in [0.05, 0.1) is 32.7 Å². The number of imidazole rings is 1. The first-order chi connectivity index (χ1) is 35.8. The lowest BCUT2D eigenvalue weighted by Gasteiger charge is -2.28. The van der Waals surface area contributed by atoms with E-state index in [-0.39, 0.29) is 49.7 Å². The van der Waals surface area contributed by atoms with Gasteiger partial charge in [-0.25, -0.2) is 9.78 Å². The van der Waals surface area contributed by atoms with Gasteiger partial charge in [0, 0.05) is 24.7 Å². The van der Waals surface area contributed by atoms with Crippen LogP contribution in [0.5, 0.6) is 5.75 Å². The predicted octanol–water partition coefficient (Wildman–Crippen LogP) is -4.21. The molecule has 0 radical (unpaired) electrons. The number of aliphatic hydroxyl groups excluding tert-OH is 3. The summed E-state index contributed by atoms with van der Waals surface area (Å²) < 4.78 is 0. The Labute approximate surface area is 444 Å². The van der Waals surface area contributed by atoms with E-state index in [1.165, 1.54) is 48.6 Å². The van der Waals surface area contributed by atoms with Gasteiger partial charge in [0.15, 0.2) is 0 Å². The van der Waals surface area contributed by atoms with Crippen LogP contribution in [0.4, 0.5) is 0 Å². The number of aromatic hydroxyl groups is 1. The number of phenolic OH excluding ortho intramolecular Hbond substituents is 1. The summed E-state index contributed by atoms with van der Waals surface area (Å²) in [6.45, 7) is 6.72. The van der Waals surface area contributed by atoms with Crippen molar-refractivity contribution < 1.29 is 73.5 Å². The van der Waals surface area contributed by atoms with Gasteiger partial charge in [-0.1, -0.05) is 53.7 Å². The van der Waals surface area contributed by atoms with Gasteiger partial charge in [0.2, 0.25) is 53.2 Å². The van der Waals surface area contributed by atoms with Crippen LogP contribution in [0.2, 0.25) is 0 Å². The minimum atomic E-state index is -1.69. The maximum Gasteiger partial charge on any atom is 0.326 e. The van der Waals surface area contributed by atoms with Gasteiger partial charge in [-0.3, -0.25) is 43.2 Å². The molecule has 2 aromatic rings. The number of aliphatic hydroxyl groups is 3. The quantitative estimate of drug-likeness (QED) is 0.0316. The number of rotatable bonds is 34. The molecule has 0 aliphatic rings. The number of amides is 9. The molecule has 1 aromatic heterocycles. The third kappa shape index (κ3) is 22.9. The highest BCUT2D eigenvalue weighted by molar-refractivity contribution is 7.98. The summed E-state index contributed by atoms with van der Waals surface area (Å²) in [6, 6.07) is -6.95. The average molecular weight is 1090 g/mol. The zero-order valence-electron chi connectivity index (χ0n) is 43.7. The van der Waals surface area contributed by atoms with E-state index in [0.717, 1.165) is 0 Å². The van der Waals surface area contributed by atoms with E-state index in [4.69, 9.17) is 5.73 Å². The van der Waals surface area contributed by atoms with Crippen molar-refractivity contribution in [2.24, 2.45) is 23.5 Å². The van der Waals surface area contributed by atoms with E-state index in [9.17, 15) is 73.5 Å². The zero-order chi connectivity index (χ0) is 57.2. The molecule has 424 valence electrons. The molecule has 0 spiro atoms. The van der Waals surface area contributed by atoms with E-state index in [2.05, 4.69) is 57.8 Å². The van der Waals surface area contributed by atoms with Crippen LogP contribution in [0.3, 0.4) is 0 Å². The number of benzene rings is 1. The predicted molar refractivity (Wildman–Crippen MR) is 276 cm³/mol. The highest BCUT2D eigenvalue weighted by Gasteiger charge is 2.35. The second kappa shape index (κ2) is 33.2. The summed E-state index contributed by atoms with van der Waals surface area (Å²) in [4.78, 5) is 139. The molecule has 17 N–H and O–H groups in total. The highest BCUT2D eigenvalue weighted by Crippen LogP contribution is 2.14. The van der Waals surface area contributed by atoms with Crippen LogP contribution in [-0.4, -0.2) is 187 Å². The Hall–Kier alpha value is -6.88. The smallest absolute Gasteiger partial charge is 0.326 e. The molecule has 1 aromatic carbocycles. The molecule has 0 saturated carbocycles. The maximum atomic E-state index is 13.9. The number of phenols is 1. The van der Waals surface area contributed by atoms with Crippen LogP contribution in [0, 0.1) is 17.8 Å². The lowest BCUT2D eigenvalue weighted by Crippen LogP contribution is -2.61. The number of aromatic nitrogens is 2. The van der Waals surface area contributed by atoms with E-state index in [1.807, 2.05) is 0 Å². The second-order valence-electron chi connectivity index (χ2n) is 19.1.